The zero-order valence-corrected chi connectivity index (χ0v) is 29.6. The van der Waals surface area contributed by atoms with Gasteiger partial charge in [0.2, 0.25) is 0 Å². The normalized spacial score (nSPS) is 34.4. The molecule has 0 heterocycles. The summed E-state index contributed by atoms with van der Waals surface area (Å²) in [5.74, 6) is 5.88. The van der Waals surface area contributed by atoms with Crippen molar-refractivity contribution in [1.29, 1.82) is 0 Å². The molecule has 7 atom stereocenters. The summed E-state index contributed by atoms with van der Waals surface area (Å²) in [4.78, 5) is 0. The molecule has 0 N–H and O–H groups in total. The molecule has 0 amide bonds. The van der Waals surface area contributed by atoms with Gasteiger partial charge >= 0.3 is 37.9 Å². The Morgan fingerprint density at radius 3 is 1.94 bits per heavy atom. The molecule has 4 saturated carbocycles. The average molecular weight is 631 g/mol. The molecular weight excluding hydrogens is 579 g/mol. The van der Waals surface area contributed by atoms with Crippen molar-refractivity contribution in [2.75, 3.05) is 0 Å². The molecule has 0 saturated heterocycles. The molecule has 0 aromatic heterocycles. The predicted molar refractivity (Wildman–Crippen MR) is 161 cm³/mol. The topological polar surface area (TPSA) is 0 Å². The van der Waals surface area contributed by atoms with E-state index < -0.39 is 36.0 Å². The Kier molecular flexibility index (Phi) is 12.4. The molecule has 5 rings (SSSR count). The number of fused-ring (bicyclic) bond motifs is 2. The van der Waals surface area contributed by atoms with Crippen LogP contribution >= 0.6 is 17.0 Å². The van der Waals surface area contributed by atoms with E-state index in [1.54, 1.807) is 24.8 Å². The third-order valence-electron chi connectivity index (χ3n) is 11.5. The number of hydrogen-bond donors (Lipinski definition) is 0. The summed E-state index contributed by atoms with van der Waals surface area (Å²) in [5.41, 5.74) is 3.93. The standard InChI is InChI=1S/C28H46Si2.2CH3.2ClH.Zr/c1-20-18-25-26(28(20)30(4,5)29(2,3)23-15-9-10-16-23)19-22-14-11-17-24(22)27(25)21-12-7-6-8-13-21;;;;;/h6-8,12-13,20,22-28H,9-11,14-19H2,1-5H3;2*1H3;2*1H;/q;2*-1;;;+4/p-2. The fraction of sp³-hybridized carbons (Fsp3) is 0.733. The third-order valence-corrected chi connectivity index (χ3v) is 32.3. The van der Waals surface area contributed by atoms with E-state index in [9.17, 15) is 0 Å². The van der Waals surface area contributed by atoms with Crippen molar-refractivity contribution < 1.29 is 20.8 Å². The monoisotopic (exact) mass is 628 g/mol. The molecule has 0 bridgehead atoms. The van der Waals surface area contributed by atoms with E-state index in [1.165, 1.54) is 38.5 Å². The first-order valence-electron chi connectivity index (χ1n) is 13.7. The van der Waals surface area contributed by atoms with Crippen molar-refractivity contribution in [3.63, 3.8) is 0 Å². The maximum absolute atomic E-state index is 4.93. The number of rotatable bonds is 4. The predicted octanol–water partition coefficient (Wildman–Crippen LogP) is 10.9. The second kappa shape index (κ2) is 13.5. The summed E-state index contributed by atoms with van der Waals surface area (Å²) in [6, 6.07) is 11.8. The molecular formula is C30H52Cl2Si2Zr. The summed E-state index contributed by atoms with van der Waals surface area (Å²) in [6.07, 6.45) is 13.9. The molecule has 4 aliphatic rings. The second-order valence-electron chi connectivity index (χ2n) is 13.1. The Balaban J connectivity index is 0.000000823. The van der Waals surface area contributed by atoms with Crippen LogP contribution in [0.4, 0.5) is 0 Å². The van der Waals surface area contributed by atoms with Gasteiger partial charge in [-0.2, -0.15) is 0 Å². The Labute approximate surface area is 239 Å². The van der Waals surface area contributed by atoms with Crippen LogP contribution in [0.25, 0.3) is 0 Å². The van der Waals surface area contributed by atoms with E-state index in [1.807, 2.05) is 0 Å². The molecule has 4 aliphatic carbocycles. The van der Waals surface area contributed by atoms with Crippen LogP contribution in [0.15, 0.2) is 30.3 Å². The Bertz CT molecular complexity index is 765. The van der Waals surface area contributed by atoms with E-state index in [2.05, 4.69) is 63.4 Å². The van der Waals surface area contributed by atoms with Crippen molar-refractivity contribution >= 4 is 32.2 Å². The van der Waals surface area contributed by atoms with Gasteiger partial charge in [0, 0.05) is 15.2 Å². The minimum absolute atomic E-state index is 0. The van der Waals surface area contributed by atoms with Crippen LogP contribution in [0.2, 0.25) is 37.3 Å². The van der Waals surface area contributed by atoms with Crippen molar-refractivity contribution in [2.45, 2.75) is 108 Å². The second-order valence-corrected chi connectivity index (χ2v) is 32.9. The van der Waals surface area contributed by atoms with Crippen LogP contribution in [0, 0.1) is 44.4 Å². The number of hydrogen-bond acceptors (Lipinski definition) is 0. The molecule has 7 unspecified atom stereocenters. The van der Waals surface area contributed by atoms with E-state index >= 15 is 0 Å². The quantitative estimate of drug-likeness (QED) is 0.229. The first kappa shape index (κ1) is 32.3. The first-order chi connectivity index (χ1) is 15.7. The SMILES string of the molecule is CC1CC2C(CC3CCCC3C2c2ccccc2)C1[Si](C)(C)[Si](C)(C)C1CCCC1.[CH3-].[CH3-].[Cl][Zr+2][Cl]. The zero-order valence-electron chi connectivity index (χ0n) is 23.6. The van der Waals surface area contributed by atoms with Gasteiger partial charge in [-0.15, -0.1) is 0 Å². The average Bonchev–Trinajstić information content (AvgIpc) is 3.52. The zero-order chi connectivity index (χ0) is 23.8. The molecule has 0 nitrogen and oxygen atoms in total. The van der Waals surface area contributed by atoms with Gasteiger partial charge < -0.3 is 14.9 Å². The van der Waals surface area contributed by atoms with Crippen LogP contribution < -0.4 is 0 Å². The van der Waals surface area contributed by atoms with E-state index in [4.69, 9.17) is 17.0 Å². The van der Waals surface area contributed by atoms with Gasteiger partial charge in [-0.1, -0.05) is 102 Å². The van der Waals surface area contributed by atoms with E-state index in [0.29, 0.717) is 0 Å². The van der Waals surface area contributed by atoms with Gasteiger partial charge in [-0.05, 0) is 71.4 Å². The molecule has 1 aromatic rings. The molecule has 198 valence electrons. The Morgan fingerprint density at radius 1 is 0.743 bits per heavy atom. The van der Waals surface area contributed by atoms with Crippen molar-refractivity contribution in [1.82, 2.24) is 0 Å². The molecule has 4 fully saturated rings. The maximum atomic E-state index is 4.93. The summed E-state index contributed by atoms with van der Waals surface area (Å²) in [6.45, 7) is 14.2. The van der Waals surface area contributed by atoms with Crippen LogP contribution in [0.3, 0.4) is 0 Å². The summed E-state index contributed by atoms with van der Waals surface area (Å²) >= 11 is -0.826. The van der Waals surface area contributed by atoms with E-state index in [0.717, 1.165) is 46.6 Å². The van der Waals surface area contributed by atoms with Gasteiger partial charge in [0.05, 0.1) is 0 Å². The molecule has 35 heavy (non-hydrogen) atoms. The van der Waals surface area contributed by atoms with Gasteiger partial charge in [0.25, 0.3) is 0 Å². The fourth-order valence-electron chi connectivity index (χ4n) is 9.69. The number of benzene rings is 1. The van der Waals surface area contributed by atoms with Crippen LogP contribution in [-0.4, -0.2) is 15.2 Å². The molecule has 0 spiro atoms. The number of halogens is 2. The first-order valence-corrected chi connectivity index (χ1v) is 27.2. The van der Waals surface area contributed by atoms with Crippen LogP contribution in [0.5, 0.6) is 0 Å². The van der Waals surface area contributed by atoms with Crippen LogP contribution in [0.1, 0.15) is 76.2 Å². The van der Waals surface area contributed by atoms with E-state index in [-0.39, 0.29) is 14.9 Å². The van der Waals surface area contributed by atoms with Gasteiger partial charge in [0.1, 0.15) is 0 Å². The third kappa shape index (κ3) is 6.15. The molecule has 0 radical (unpaired) electrons. The van der Waals surface area contributed by atoms with Crippen LogP contribution in [-0.2, 0) is 20.8 Å². The molecule has 5 heteroatoms. The molecule has 0 aliphatic heterocycles. The molecule has 1 aromatic carbocycles. The fourth-order valence-corrected chi connectivity index (χ4v) is 24.6. The van der Waals surface area contributed by atoms with Crippen molar-refractivity contribution in [3.05, 3.63) is 50.7 Å². The van der Waals surface area contributed by atoms with Crippen molar-refractivity contribution in [2.24, 2.45) is 29.6 Å². The summed E-state index contributed by atoms with van der Waals surface area (Å²) < 4.78 is 0. The van der Waals surface area contributed by atoms with Gasteiger partial charge in [-0.25, -0.2) is 0 Å². The van der Waals surface area contributed by atoms with Gasteiger partial charge in [-0.3, -0.25) is 0 Å². The minimum atomic E-state index is -1.27. The van der Waals surface area contributed by atoms with Crippen molar-refractivity contribution in [3.8, 4) is 0 Å². The summed E-state index contributed by atoms with van der Waals surface area (Å²) in [5, 5.41) is 0. The summed E-state index contributed by atoms with van der Waals surface area (Å²) in [7, 11) is 7.42. The van der Waals surface area contributed by atoms with Gasteiger partial charge in [0.15, 0.2) is 0 Å². The Morgan fingerprint density at radius 2 is 1.34 bits per heavy atom. The Hall–Kier alpha value is 1.12.